The number of likely N-dealkylation sites (tertiary alicyclic amines) is 2. The minimum atomic E-state index is -0.930. The first-order chi connectivity index (χ1) is 31.6. The molecule has 4 amide bonds. The molecule has 4 N–H and O–H groups in total. The first-order valence-corrected chi connectivity index (χ1v) is 23.2. The summed E-state index contributed by atoms with van der Waals surface area (Å²) in [5, 5.41) is 6.33. The quantitative estimate of drug-likeness (QED) is 0.0989. The van der Waals surface area contributed by atoms with E-state index in [0.29, 0.717) is 24.7 Å². The molecule has 3 aromatic carbocycles. The number of rotatable bonds is 10. The van der Waals surface area contributed by atoms with Gasteiger partial charge in [0.15, 0.2) is 0 Å². The van der Waals surface area contributed by atoms with Crippen LogP contribution in [0.5, 0.6) is 5.75 Å². The van der Waals surface area contributed by atoms with E-state index in [0.717, 1.165) is 89.7 Å². The van der Waals surface area contributed by atoms with Crippen molar-refractivity contribution < 1.29 is 33.4 Å². The number of imidazole rings is 2. The van der Waals surface area contributed by atoms with E-state index in [1.54, 1.807) is 22.2 Å². The van der Waals surface area contributed by atoms with Gasteiger partial charge in [-0.05, 0) is 30.9 Å². The number of hydrogen-bond donors (Lipinski definition) is 4. The van der Waals surface area contributed by atoms with Crippen LogP contribution in [0.3, 0.4) is 0 Å². The number of nitrogens with one attached hydrogen (secondary N) is 4. The molecule has 9 rings (SSSR count). The number of aromatic nitrogens is 5. The topological polar surface area (TPSA) is 189 Å². The first-order valence-electron chi connectivity index (χ1n) is 21.8. The number of hydrogen-bond acceptors (Lipinski definition) is 9. The molecule has 0 radical (unpaired) electrons. The predicted octanol–water partition coefficient (Wildman–Crippen LogP) is 8.00. The SMILES string of the molecule is COC(=O)NC(C#[P+]C)C(=O)N1CCC[C@H]1c1ncc(-c2ccc3c(c2)cc2n3[C@H](c3ccccc3)Oc3cc(-c4cnc([C@@H]5CCCN5C(=O)[C@@H](NC(=O)OC)C(C)C)[nH]4)ccc3-2)[nH]1. The number of aromatic amines is 2. The van der Waals surface area contributed by atoms with Gasteiger partial charge in [-0.2, -0.15) is 0 Å². The van der Waals surface area contributed by atoms with Crippen LogP contribution in [0.1, 0.15) is 75.1 Å². The Kier molecular flexibility index (Phi) is 12.2. The summed E-state index contributed by atoms with van der Waals surface area (Å²) in [6.07, 6.45) is 4.93. The van der Waals surface area contributed by atoms with Gasteiger partial charge in [-0.15, -0.1) is 0 Å². The number of methoxy groups -OCH3 is 2. The van der Waals surface area contributed by atoms with Gasteiger partial charge in [0.25, 0.3) is 0 Å². The predicted molar refractivity (Wildman–Crippen MR) is 245 cm³/mol. The van der Waals surface area contributed by atoms with Crippen molar-refractivity contribution in [3.63, 3.8) is 0 Å². The molecule has 334 valence electrons. The van der Waals surface area contributed by atoms with Gasteiger partial charge in [0.05, 0.1) is 30.7 Å². The third-order valence-electron chi connectivity index (χ3n) is 12.5. The third-order valence-corrected chi connectivity index (χ3v) is 13.0. The van der Waals surface area contributed by atoms with E-state index in [4.69, 9.17) is 24.2 Å². The molecular formula is C48H51N9O7P+. The second-order valence-electron chi connectivity index (χ2n) is 16.8. The average molecular weight is 897 g/mol. The van der Waals surface area contributed by atoms with Gasteiger partial charge in [-0.3, -0.25) is 4.79 Å². The van der Waals surface area contributed by atoms with Gasteiger partial charge in [-0.1, -0.05) is 50.2 Å². The monoisotopic (exact) mass is 896 g/mol. The third kappa shape index (κ3) is 8.35. The Morgan fingerprint density at radius 2 is 1.42 bits per heavy atom. The van der Waals surface area contributed by atoms with Crippen LogP contribution < -0.4 is 15.4 Å². The molecule has 0 aliphatic carbocycles. The van der Waals surface area contributed by atoms with Crippen LogP contribution in [0.25, 0.3) is 44.7 Å². The number of carbonyl (C=O) groups is 4. The Balaban J connectivity index is 1.00. The summed E-state index contributed by atoms with van der Waals surface area (Å²) in [4.78, 5) is 71.7. The Hall–Kier alpha value is -6.89. The van der Waals surface area contributed by atoms with Crippen molar-refractivity contribution in [2.75, 3.05) is 34.0 Å². The van der Waals surface area contributed by atoms with E-state index >= 15 is 0 Å². The fraction of sp³-hybridized carbons (Fsp3) is 0.354. The van der Waals surface area contributed by atoms with Gasteiger partial charge in [0.1, 0.15) is 17.6 Å². The van der Waals surface area contributed by atoms with Crippen LogP contribution in [0.2, 0.25) is 0 Å². The van der Waals surface area contributed by atoms with Crippen LogP contribution in [0.4, 0.5) is 9.59 Å². The Bertz CT molecular complexity index is 2840. The molecule has 6 heterocycles. The molecule has 0 saturated carbocycles. The van der Waals surface area contributed by atoms with E-state index in [1.807, 2.05) is 44.8 Å². The van der Waals surface area contributed by atoms with Crippen molar-refractivity contribution in [2.24, 2.45) is 5.92 Å². The number of alkyl carbamates (subject to hydrolysis) is 2. The number of H-pyrrole nitrogens is 2. The molecule has 3 aromatic heterocycles. The van der Waals surface area contributed by atoms with Crippen LogP contribution >= 0.6 is 8.04 Å². The number of carbonyl (C=O) groups excluding carboxylic acids is 4. The summed E-state index contributed by atoms with van der Waals surface area (Å²) >= 11 is 0. The van der Waals surface area contributed by atoms with Crippen molar-refractivity contribution >= 4 is 42.9 Å². The van der Waals surface area contributed by atoms with E-state index in [1.165, 1.54) is 14.2 Å². The van der Waals surface area contributed by atoms with Crippen molar-refractivity contribution in [3.05, 3.63) is 102 Å². The van der Waals surface area contributed by atoms with Gasteiger partial charge >= 0.3 is 170 Å². The Morgan fingerprint density at radius 3 is 2.05 bits per heavy atom. The molecule has 1 unspecified atom stereocenters. The van der Waals surface area contributed by atoms with E-state index in [-0.39, 0.29) is 29.8 Å². The molecule has 17 heteroatoms. The maximum atomic E-state index is 13.8. The standard InChI is InChI=1S/C48H50N9O7P/c1-27(2)41(54-48(61)63-4)45(59)56-20-10-14-38(56)43-50-25-34(52-43)30-15-17-32-39-22-31-21-29(16-18-36(31)57(39)46(64-40(32)23-30)28-11-7-6-8-12-28)33-24-49-42(51-33)37-13-9-19-55(37)44(58)35(26-65-5)53-47(60)62-3/h6-8,11-12,15-18,21-25,27,35,37-38,41,46H,9-10,13-14,19-20H2,1-5H3,(H3-,49,50,51,52,53,54,60,61)/p+1/t35?,37-,38-,41-,46-/m0/s1. The molecule has 0 bridgehead atoms. The molecule has 6 aromatic rings. The first kappa shape index (κ1) is 43.4. The summed E-state index contributed by atoms with van der Waals surface area (Å²) in [6.45, 7) is 6.75. The summed E-state index contributed by atoms with van der Waals surface area (Å²) in [6, 6.07) is 22.6. The number of amides is 4. The van der Waals surface area contributed by atoms with Crippen LogP contribution in [-0.2, 0) is 19.1 Å². The van der Waals surface area contributed by atoms with Crippen LogP contribution in [0, 0.1) is 11.5 Å². The number of nitrogens with zero attached hydrogens (tertiary/aromatic N) is 5. The number of fused-ring (bicyclic) bond motifs is 5. The van der Waals surface area contributed by atoms with E-state index < -0.39 is 30.5 Å². The van der Waals surface area contributed by atoms with Crippen molar-refractivity contribution in [1.29, 1.82) is 0 Å². The molecule has 2 fully saturated rings. The maximum absolute atomic E-state index is 13.8. The summed E-state index contributed by atoms with van der Waals surface area (Å²) in [7, 11) is 3.29. The summed E-state index contributed by atoms with van der Waals surface area (Å²) in [5.74, 6) is 1.55. The average Bonchev–Trinajstić information content (AvgIpc) is 4.19. The Morgan fingerprint density at radius 1 is 0.800 bits per heavy atom. The minimum absolute atomic E-state index is 0.134. The molecule has 5 atom stereocenters. The molecular weight excluding hydrogens is 846 g/mol. The van der Waals surface area contributed by atoms with Gasteiger partial charge < -0.3 is 29.2 Å². The van der Waals surface area contributed by atoms with Crippen molar-refractivity contribution in [2.45, 2.75) is 69.9 Å². The second kappa shape index (κ2) is 18.3. The summed E-state index contributed by atoms with van der Waals surface area (Å²) < 4.78 is 18.7. The molecule has 65 heavy (non-hydrogen) atoms. The van der Waals surface area contributed by atoms with Crippen LogP contribution in [0.15, 0.2) is 85.2 Å². The fourth-order valence-corrected chi connectivity index (χ4v) is 9.74. The Labute approximate surface area is 377 Å². The number of benzene rings is 3. The molecule has 2 saturated heterocycles. The summed E-state index contributed by atoms with van der Waals surface area (Å²) in [5.41, 5.74) is 10.4. The molecule has 3 aliphatic heterocycles. The zero-order valence-electron chi connectivity index (χ0n) is 36.8. The van der Waals surface area contributed by atoms with Crippen molar-refractivity contribution in [1.82, 2.24) is 44.9 Å². The van der Waals surface area contributed by atoms with Gasteiger partial charge in [-0.25, -0.2) is 9.78 Å². The normalized spacial score (nSPS) is 18.6. The zero-order valence-corrected chi connectivity index (χ0v) is 37.7. The van der Waals surface area contributed by atoms with E-state index in [2.05, 4.69) is 79.3 Å². The van der Waals surface area contributed by atoms with Gasteiger partial charge in [0, 0.05) is 23.2 Å². The van der Waals surface area contributed by atoms with E-state index in [9.17, 15) is 19.2 Å². The fourth-order valence-electron chi connectivity index (χ4n) is 9.30. The zero-order chi connectivity index (χ0) is 45.4. The molecule has 16 nitrogen and oxygen atoms in total. The van der Waals surface area contributed by atoms with Crippen LogP contribution in [-0.4, -0.2) is 104 Å². The number of ether oxygens (including phenoxy) is 3. The molecule has 3 aliphatic rings. The van der Waals surface area contributed by atoms with Crippen molar-refractivity contribution in [3.8, 4) is 45.1 Å². The second-order valence-corrected chi connectivity index (χ2v) is 17.5. The molecule has 0 spiro atoms. The van der Waals surface area contributed by atoms with Gasteiger partial charge in [0.2, 0.25) is 12.1 Å².